The van der Waals surface area contributed by atoms with Crippen LogP contribution in [0, 0.1) is 41.5 Å². The molecule has 0 heteroatoms. The number of benzene rings is 24. The maximum atomic E-state index is 2.34. The lowest BCUT2D eigenvalue weighted by molar-refractivity contribution is 1.44. The van der Waals surface area contributed by atoms with Gasteiger partial charge in [0, 0.05) is 0 Å². The zero-order chi connectivity index (χ0) is 102. The second-order valence-electron chi connectivity index (χ2n) is 38.1. The van der Waals surface area contributed by atoms with E-state index in [0.29, 0.717) is 0 Å². The van der Waals surface area contributed by atoms with Crippen LogP contribution in [0.15, 0.2) is 619 Å². The molecular formula is C150H120. The van der Waals surface area contributed by atoms with Gasteiger partial charge in [0.15, 0.2) is 0 Å². The van der Waals surface area contributed by atoms with Crippen LogP contribution in [0.2, 0.25) is 0 Å². The summed E-state index contributed by atoms with van der Waals surface area (Å²) >= 11 is 0. The summed E-state index contributed by atoms with van der Waals surface area (Å²) in [5, 5.41) is 0. The molecule has 24 aromatic carbocycles. The average Bonchev–Trinajstić information content (AvgIpc) is 0.746. The molecule has 150 heavy (non-hydrogen) atoms. The number of hydrogen-bond donors (Lipinski definition) is 0. The Kier molecular flexibility index (Phi) is 33.1. The van der Waals surface area contributed by atoms with Crippen molar-refractivity contribution in [3.63, 3.8) is 0 Å². The van der Waals surface area contributed by atoms with E-state index in [1.165, 1.54) is 234 Å². The minimum absolute atomic E-state index is 1.25. The van der Waals surface area contributed by atoms with Crippen LogP contribution >= 0.6 is 0 Å². The fourth-order valence-corrected chi connectivity index (χ4v) is 19.7. The van der Waals surface area contributed by atoms with Crippen LogP contribution in [-0.4, -0.2) is 0 Å². The number of aryl methyl sites for hydroxylation is 6. The van der Waals surface area contributed by atoms with Gasteiger partial charge in [0.25, 0.3) is 0 Å². The van der Waals surface area contributed by atoms with Gasteiger partial charge in [-0.25, -0.2) is 0 Å². The predicted octanol–water partition coefficient (Wildman–Crippen LogP) is 42.0. The molecule has 0 heterocycles. The number of hydrogen-bond acceptors (Lipinski definition) is 0. The fourth-order valence-electron chi connectivity index (χ4n) is 19.7. The Balaban J connectivity index is 0.000000113. The Bertz CT molecular complexity index is 8450. The zero-order valence-corrected chi connectivity index (χ0v) is 85.9. The van der Waals surface area contributed by atoms with Crippen LogP contribution in [0.3, 0.4) is 0 Å². The van der Waals surface area contributed by atoms with Gasteiger partial charge in [0.1, 0.15) is 0 Å². The lowest BCUT2D eigenvalue weighted by atomic mass is 9.88. The second kappa shape index (κ2) is 49.7. The summed E-state index contributed by atoms with van der Waals surface area (Å²) in [5.41, 5.74) is 53.1. The third kappa shape index (κ3) is 25.4. The molecule has 0 saturated carbocycles. The van der Waals surface area contributed by atoms with E-state index in [1.54, 1.807) is 0 Å². The zero-order valence-electron chi connectivity index (χ0n) is 85.9. The molecular weight excluding hydrogens is 1800 g/mol. The van der Waals surface area contributed by atoms with E-state index < -0.39 is 0 Å². The van der Waals surface area contributed by atoms with Crippen LogP contribution < -0.4 is 0 Å². The molecule has 0 N–H and O–H groups in total. The molecule has 24 aromatic rings. The lowest BCUT2D eigenvalue weighted by Gasteiger charge is -2.16. The fraction of sp³-hybridized carbons (Fsp3) is 0.0400. The standard InChI is InChI=1S/6C25H20/c1-19-17-24(21-13-7-3-8-14-21)25(22-15-9-4-10-16-22)18-23(19)20-11-5-2-6-12-20;1-19-17-23(20-11-5-2-6-12-20)18-24(21-13-7-3-8-14-21)25(19)22-15-9-4-10-16-22;1-19-12-14-20(15-13-19)23-16-17-24(21-8-4-2-5-9-21)25(18-23)22-10-6-3-7-11-22;1-19-12-14-22(15-13-19)24-17-16-23(20-8-4-2-5-9-20)18-25(24)21-10-6-3-7-11-21;1-19-9-7-13-22(17-19)24-15-5-6-16-25(24)23-14-8-12-21(18-23)20-10-3-2-4-11-20;1-19-14-16-21(17-15-19)24-12-5-6-13-25(24)23-11-7-10-22(18-23)20-8-3-2-4-9-20/h6*2-18H,1H3. The van der Waals surface area contributed by atoms with Crippen molar-refractivity contribution >= 4 is 0 Å². The summed E-state index contributed by atoms with van der Waals surface area (Å²) in [6.07, 6.45) is 0. The first-order valence-corrected chi connectivity index (χ1v) is 51.8. The Morgan fingerprint density at radius 1 is 0.0800 bits per heavy atom. The monoisotopic (exact) mass is 1920 g/mol. The SMILES string of the molecule is Cc1cc(-c2ccccc2)c(-c2ccccc2)cc1-c1ccccc1.Cc1cc(-c2ccccc2)cc(-c2ccccc2)c1-c1ccccc1.Cc1ccc(-c2ccc(-c3ccccc3)c(-c3ccccc3)c2)cc1.Cc1ccc(-c2ccc(-c3ccccc3)cc2-c2ccccc2)cc1.Cc1ccc(-c2ccccc2-c2cccc(-c3ccccc3)c2)cc1.Cc1cccc(-c2ccccc2-c2cccc(-c3ccccc3)c2)c1. The first-order valence-electron chi connectivity index (χ1n) is 51.8. The first-order chi connectivity index (χ1) is 73.9. The van der Waals surface area contributed by atoms with E-state index in [2.05, 4.69) is 660 Å². The van der Waals surface area contributed by atoms with Crippen molar-refractivity contribution in [2.75, 3.05) is 0 Å². The van der Waals surface area contributed by atoms with Gasteiger partial charge in [-0.15, -0.1) is 0 Å². The van der Waals surface area contributed by atoms with Crippen LogP contribution in [-0.2, 0) is 0 Å². The molecule has 0 fully saturated rings. The third-order valence-corrected chi connectivity index (χ3v) is 27.5. The molecule has 0 spiro atoms. The normalized spacial score (nSPS) is 10.6. The predicted molar refractivity (Wildman–Crippen MR) is 645 cm³/mol. The van der Waals surface area contributed by atoms with Crippen molar-refractivity contribution in [3.05, 3.63) is 652 Å². The van der Waals surface area contributed by atoms with Gasteiger partial charge < -0.3 is 0 Å². The molecule has 0 aliphatic heterocycles. The van der Waals surface area contributed by atoms with Crippen molar-refractivity contribution in [1.29, 1.82) is 0 Å². The maximum Gasteiger partial charge on any atom is -0.00757 e. The van der Waals surface area contributed by atoms with Crippen LogP contribution in [0.25, 0.3) is 200 Å². The molecule has 0 aliphatic rings. The Morgan fingerprint density at radius 2 is 0.280 bits per heavy atom. The van der Waals surface area contributed by atoms with Gasteiger partial charge in [0.05, 0.1) is 0 Å². The highest BCUT2D eigenvalue weighted by Gasteiger charge is 2.19. The molecule has 0 amide bonds. The second-order valence-corrected chi connectivity index (χ2v) is 38.1. The highest BCUT2D eigenvalue weighted by atomic mass is 14.2. The molecule has 0 nitrogen and oxygen atoms in total. The maximum absolute atomic E-state index is 2.34. The lowest BCUT2D eigenvalue weighted by Crippen LogP contribution is -1.91. The quantitative estimate of drug-likeness (QED) is 0.0803. The summed E-state index contributed by atoms with van der Waals surface area (Å²) in [5.74, 6) is 0. The highest BCUT2D eigenvalue weighted by Crippen LogP contribution is 2.45. The molecule has 720 valence electrons. The van der Waals surface area contributed by atoms with E-state index in [9.17, 15) is 0 Å². The first kappa shape index (κ1) is 100.0. The number of rotatable bonds is 18. The molecule has 0 bridgehead atoms. The van der Waals surface area contributed by atoms with E-state index in [4.69, 9.17) is 0 Å². The Labute approximate surface area is 887 Å². The van der Waals surface area contributed by atoms with Gasteiger partial charge in [-0.3, -0.25) is 0 Å². The Hall–Kier alpha value is -18.7. The van der Waals surface area contributed by atoms with Crippen molar-refractivity contribution in [2.24, 2.45) is 0 Å². The molecule has 0 aliphatic carbocycles. The Morgan fingerprint density at radius 3 is 0.613 bits per heavy atom. The summed E-state index contributed by atoms with van der Waals surface area (Å²) in [4.78, 5) is 0. The molecule has 0 unspecified atom stereocenters. The minimum atomic E-state index is 1.25. The van der Waals surface area contributed by atoms with Gasteiger partial charge in [0.2, 0.25) is 0 Å². The van der Waals surface area contributed by atoms with Crippen molar-refractivity contribution < 1.29 is 0 Å². The van der Waals surface area contributed by atoms with Gasteiger partial charge in [-0.2, -0.15) is 0 Å². The summed E-state index contributed by atoms with van der Waals surface area (Å²) in [7, 11) is 0. The minimum Gasteiger partial charge on any atom is -0.0622 e. The molecule has 0 aromatic heterocycles. The van der Waals surface area contributed by atoms with Crippen LogP contribution in [0.5, 0.6) is 0 Å². The third-order valence-electron chi connectivity index (χ3n) is 27.5. The molecule has 0 radical (unpaired) electrons. The topological polar surface area (TPSA) is 0 Å². The summed E-state index contributed by atoms with van der Waals surface area (Å²) in [6, 6.07) is 220. The smallest absolute Gasteiger partial charge is 0.00757 e. The largest absolute Gasteiger partial charge is 0.0622 e. The van der Waals surface area contributed by atoms with Gasteiger partial charge in [-0.1, -0.05) is 605 Å². The van der Waals surface area contributed by atoms with E-state index >= 15 is 0 Å². The van der Waals surface area contributed by atoms with Crippen LogP contribution in [0.4, 0.5) is 0 Å². The van der Waals surface area contributed by atoms with E-state index in [0.717, 1.165) is 0 Å². The average molecular weight is 1920 g/mol. The summed E-state index contributed by atoms with van der Waals surface area (Å²) in [6.45, 7) is 12.9. The summed E-state index contributed by atoms with van der Waals surface area (Å²) < 4.78 is 0. The highest BCUT2D eigenvalue weighted by molar-refractivity contribution is 5.95. The van der Waals surface area contributed by atoms with Crippen molar-refractivity contribution in [2.45, 2.75) is 41.5 Å². The van der Waals surface area contributed by atoms with Crippen LogP contribution in [0.1, 0.15) is 33.4 Å². The van der Waals surface area contributed by atoms with Gasteiger partial charge >= 0.3 is 0 Å². The molecule has 0 saturated heterocycles. The van der Waals surface area contributed by atoms with Crippen molar-refractivity contribution in [1.82, 2.24) is 0 Å². The van der Waals surface area contributed by atoms with E-state index in [-0.39, 0.29) is 0 Å². The molecule has 0 atom stereocenters. The molecule has 24 rings (SSSR count). The van der Waals surface area contributed by atoms with Gasteiger partial charge in [-0.05, 0) is 289 Å². The van der Waals surface area contributed by atoms with Crippen molar-refractivity contribution in [3.8, 4) is 200 Å². The van der Waals surface area contributed by atoms with E-state index in [1.807, 2.05) is 0 Å².